The lowest BCUT2D eigenvalue weighted by Gasteiger charge is -2.34. The third-order valence-electron chi connectivity index (χ3n) is 5.20. The van der Waals surface area contributed by atoms with Gasteiger partial charge < -0.3 is 9.88 Å². The number of fused-ring (bicyclic) bond motifs is 1. The molecule has 3 atom stereocenters. The van der Waals surface area contributed by atoms with Crippen LogP contribution in [0.15, 0.2) is 24.3 Å². The maximum absolute atomic E-state index is 12.5. The Bertz CT molecular complexity index is 676. The van der Waals surface area contributed by atoms with E-state index in [4.69, 9.17) is 0 Å². The highest BCUT2D eigenvalue weighted by molar-refractivity contribution is 5.81. The molecule has 0 bridgehead atoms. The van der Waals surface area contributed by atoms with Crippen LogP contribution in [-0.4, -0.2) is 21.5 Å². The summed E-state index contributed by atoms with van der Waals surface area (Å²) in [6.07, 6.45) is 3.59. The van der Waals surface area contributed by atoms with Crippen molar-refractivity contribution < 1.29 is 4.79 Å². The quantitative estimate of drug-likeness (QED) is 0.945. The molecule has 4 heteroatoms. The van der Waals surface area contributed by atoms with Crippen molar-refractivity contribution in [3.63, 3.8) is 0 Å². The van der Waals surface area contributed by atoms with E-state index in [1.807, 2.05) is 35.8 Å². The van der Waals surface area contributed by atoms with Gasteiger partial charge in [0.15, 0.2) is 0 Å². The van der Waals surface area contributed by atoms with Crippen LogP contribution in [0.1, 0.15) is 38.9 Å². The fourth-order valence-electron chi connectivity index (χ4n) is 3.58. The molecule has 0 aliphatic heterocycles. The summed E-state index contributed by atoms with van der Waals surface area (Å²) in [6.45, 7) is 6.85. The van der Waals surface area contributed by atoms with Gasteiger partial charge in [0.05, 0.1) is 11.0 Å². The van der Waals surface area contributed by atoms with Gasteiger partial charge in [-0.25, -0.2) is 4.98 Å². The Kier molecular flexibility index (Phi) is 4.19. The lowest BCUT2D eigenvalue weighted by molar-refractivity contribution is -0.123. The fraction of sp³-hybridized carbons (Fsp3) is 0.556. The molecule has 1 fully saturated rings. The Hall–Kier alpha value is -1.84. The molecular weight excluding hydrogens is 274 g/mol. The van der Waals surface area contributed by atoms with Gasteiger partial charge in [0, 0.05) is 6.04 Å². The van der Waals surface area contributed by atoms with Gasteiger partial charge in [-0.05, 0) is 37.3 Å². The number of aromatic nitrogens is 2. The summed E-state index contributed by atoms with van der Waals surface area (Å²) in [7, 11) is 0. The largest absolute Gasteiger partial charge is 0.352 e. The molecule has 4 nitrogen and oxygen atoms in total. The second kappa shape index (κ2) is 6.11. The third kappa shape index (κ3) is 2.87. The van der Waals surface area contributed by atoms with Crippen molar-refractivity contribution in [2.24, 2.45) is 11.8 Å². The van der Waals surface area contributed by atoms with Crippen LogP contribution in [0.5, 0.6) is 0 Å². The summed E-state index contributed by atoms with van der Waals surface area (Å²) in [5, 5.41) is 3.24. The monoisotopic (exact) mass is 299 g/mol. The van der Waals surface area contributed by atoms with E-state index in [9.17, 15) is 4.79 Å². The number of rotatable bonds is 3. The molecule has 1 aromatic carbocycles. The molecule has 118 valence electrons. The summed E-state index contributed by atoms with van der Waals surface area (Å²) in [5.74, 6) is 2.23. The standard InChI is InChI=1S/C18H25N3O/c1-12-7-6-9-15(13(12)2)20-18(22)11-21-14(3)19-16-8-4-5-10-17(16)21/h4-5,8,10,12-13,15H,6-7,9,11H2,1-3H3,(H,20,22)/t12-,13-,15-/m0/s1. The second-order valence-electron chi connectivity index (χ2n) is 6.68. The first kappa shape index (κ1) is 15.1. The van der Waals surface area contributed by atoms with Gasteiger partial charge in [0.25, 0.3) is 0 Å². The minimum absolute atomic E-state index is 0.0946. The molecule has 2 aromatic rings. The van der Waals surface area contributed by atoms with Crippen molar-refractivity contribution in [2.45, 2.75) is 52.6 Å². The zero-order chi connectivity index (χ0) is 15.7. The van der Waals surface area contributed by atoms with Crippen molar-refractivity contribution in [3.05, 3.63) is 30.1 Å². The summed E-state index contributed by atoms with van der Waals surface area (Å²) in [5.41, 5.74) is 1.98. The molecule has 1 heterocycles. The Morgan fingerprint density at radius 1 is 1.32 bits per heavy atom. The number of imidazole rings is 1. The van der Waals surface area contributed by atoms with Gasteiger partial charge in [0.2, 0.25) is 5.91 Å². The molecule has 1 amide bonds. The molecular formula is C18H25N3O. The number of carbonyl (C=O) groups excluding carboxylic acids is 1. The number of hydrogen-bond acceptors (Lipinski definition) is 2. The molecule has 0 radical (unpaired) electrons. The number of carbonyl (C=O) groups is 1. The van der Waals surface area contributed by atoms with Crippen LogP contribution >= 0.6 is 0 Å². The van der Waals surface area contributed by atoms with E-state index in [1.165, 1.54) is 12.8 Å². The third-order valence-corrected chi connectivity index (χ3v) is 5.20. The summed E-state index contributed by atoms with van der Waals surface area (Å²) < 4.78 is 2.00. The number of nitrogens with zero attached hydrogens (tertiary/aromatic N) is 2. The highest BCUT2D eigenvalue weighted by atomic mass is 16.2. The van der Waals surface area contributed by atoms with E-state index < -0.39 is 0 Å². The normalized spacial score (nSPS) is 25.3. The van der Waals surface area contributed by atoms with Crippen LogP contribution in [0.25, 0.3) is 11.0 Å². The predicted octanol–water partition coefficient (Wildman–Crippen LogP) is 3.29. The molecule has 1 aromatic heterocycles. The van der Waals surface area contributed by atoms with Crippen molar-refractivity contribution >= 4 is 16.9 Å². The van der Waals surface area contributed by atoms with Crippen LogP contribution in [0.2, 0.25) is 0 Å². The van der Waals surface area contributed by atoms with E-state index in [0.29, 0.717) is 24.4 Å². The number of aryl methyl sites for hydroxylation is 1. The van der Waals surface area contributed by atoms with Crippen LogP contribution in [0.4, 0.5) is 0 Å². The molecule has 1 N–H and O–H groups in total. The Balaban J connectivity index is 1.72. The Labute approximate surface area is 131 Å². The zero-order valence-electron chi connectivity index (χ0n) is 13.7. The van der Waals surface area contributed by atoms with E-state index in [0.717, 1.165) is 23.3 Å². The van der Waals surface area contributed by atoms with Gasteiger partial charge in [0.1, 0.15) is 12.4 Å². The second-order valence-corrected chi connectivity index (χ2v) is 6.68. The first-order valence-electron chi connectivity index (χ1n) is 8.27. The highest BCUT2D eigenvalue weighted by Crippen LogP contribution is 2.29. The Morgan fingerprint density at radius 3 is 2.91 bits per heavy atom. The van der Waals surface area contributed by atoms with Gasteiger partial charge in [-0.15, -0.1) is 0 Å². The summed E-state index contributed by atoms with van der Waals surface area (Å²) >= 11 is 0. The van der Waals surface area contributed by atoms with Gasteiger partial charge in [-0.1, -0.05) is 38.8 Å². The lowest BCUT2D eigenvalue weighted by atomic mass is 9.78. The van der Waals surface area contributed by atoms with Gasteiger partial charge in [-0.3, -0.25) is 4.79 Å². The summed E-state index contributed by atoms with van der Waals surface area (Å²) in [4.78, 5) is 17.0. The van der Waals surface area contributed by atoms with Crippen molar-refractivity contribution in [1.29, 1.82) is 0 Å². The topological polar surface area (TPSA) is 46.9 Å². The smallest absolute Gasteiger partial charge is 0.240 e. The molecule has 3 rings (SSSR count). The average molecular weight is 299 g/mol. The molecule has 1 aliphatic rings. The number of hydrogen-bond donors (Lipinski definition) is 1. The van der Waals surface area contributed by atoms with E-state index in [1.54, 1.807) is 0 Å². The van der Waals surface area contributed by atoms with Crippen LogP contribution in [0, 0.1) is 18.8 Å². The van der Waals surface area contributed by atoms with E-state index >= 15 is 0 Å². The van der Waals surface area contributed by atoms with Crippen molar-refractivity contribution in [1.82, 2.24) is 14.9 Å². The van der Waals surface area contributed by atoms with Crippen molar-refractivity contribution in [3.8, 4) is 0 Å². The molecule has 0 unspecified atom stereocenters. The minimum atomic E-state index is 0.0946. The summed E-state index contributed by atoms with van der Waals surface area (Å²) in [6, 6.07) is 8.29. The minimum Gasteiger partial charge on any atom is -0.352 e. The fourth-order valence-corrected chi connectivity index (χ4v) is 3.58. The van der Waals surface area contributed by atoms with Crippen molar-refractivity contribution in [2.75, 3.05) is 0 Å². The maximum Gasteiger partial charge on any atom is 0.240 e. The number of amides is 1. The van der Waals surface area contributed by atoms with Gasteiger partial charge in [-0.2, -0.15) is 0 Å². The number of benzene rings is 1. The molecule has 1 saturated carbocycles. The first-order chi connectivity index (χ1) is 10.6. The Morgan fingerprint density at radius 2 is 2.09 bits per heavy atom. The van der Waals surface area contributed by atoms with E-state index in [2.05, 4.69) is 24.1 Å². The molecule has 22 heavy (non-hydrogen) atoms. The zero-order valence-corrected chi connectivity index (χ0v) is 13.7. The predicted molar refractivity (Wildman–Crippen MR) is 88.6 cm³/mol. The number of nitrogens with one attached hydrogen (secondary N) is 1. The van der Waals surface area contributed by atoms with Crippen LogP contribution in [-0.2, 0) is 11.3 Å². The lowest BCUT2D eigenvalue weighted by Crippen LogP contribution is -2.44. The maximum atomic E-state index is 12.5. The van der Waals surface area contributed by atoms with E-state index in [-0.39, 0.29) is 5.91 Å². The molecule has 0 spiro atoms. The average Bonchev–Trinajstić information content (AvgIpc) is 2.80. The highest BCUT2D eigenvalue weighted by Gasteiger charge is 2.28. The number of para-hydroxylation sites is 2. The molecule has 1 aliphatic carbocycles. The van der Waals surface area contributed by atoms with Gasteiger partial charge >= 0.3 is 0 Å². The van der Waals surface area contributed by atoms with Crippen LogP contribution in [0.3, 0.4) is 0 Å². The first-order valence-corrected chi connectivity index (χ1v) is 8.27. The molecule has 0 saturated heterocycles. The van der Waals surface area contributed by atoms with Crippen LogP contribution < -0.4 is 5.32 Å². The SMILES string of the molecule is Cc1nc2ccccc2n1CC(=O)N[C@H]1CCC[C@H](C)[C@@H]1C.